The first-order valence-electron chi connectivity index (χ1n) is 8.12. The van der Waals surface area contributed by atoms with Crippen LogP contribution in [0.3, 0.4) is 0 Å². The average Bonchev–Trinajstić information content (AvgIpc) is 2.58. The normalized spacial score (nSPS) is 11.5. The Morgan fingerprint density at radius 2 is 1.68 bits per heavy atom. The molecule has 0 aliphatic heterocycles. The fraction of sp³-hybridized carbons (Fsp3) is 0.300. The van der Waals surface area contributed by atoms with Crippen molar-refractivity contribution in [3.63, 3.8) is 0 Å². The fourth-order valence-corrected chi connectivity index (χ4v) is 2.11. The first kappa shape index (κ1) is 18.5. The number of rotatable bonds is 6. The van der Waals surface area contributed by atoms with Crippen molar-refractivity contribution in [2.24, 2.45) is 0 Å². The summed E-state index contributed by atoms with van der Waals surface area (Å²) in [6, 6.07) is 13.0. The number of ether oxygens (including phenoxy) is 2. The molecule has 0 aromatic heterocycles. The summed E-state index contributed by atoms with van der Waals surface area (Å²) in [5.74, 6) is -0.384. The smallest absolute Gasteiger partial charge is 0.344 e. The maximum atomic E-state index is 12.1. The van der Waals surface area contributed by atoms with Crippen molar-refractivity contribution in [2.75, 3.05) is 11.9 Å². The number of benzene rings is 2. The lowest BCUT2D eigenvalue weighted by Gasteiger charge is -2.14. The Balaban J connectivity index is 1.81. The predicted octanol–water partition coefficient (Wildman–Crippen LogP) is 3.56. The van der Waals surface area contributed by atoms with E-state index in [9.17, 15) is 9.59 Å². The molecule has 25 heavy (non-hydrogen) atoms. The van der Waals surface area contributed by atoms with Gasteiger partial charge >= 0.3 is 5.97 Å². The molecule has 0 saturated carbocycles. The van der Waals surface area contributed by atoms with Crippen molar-refractivity contribution in [3.05, 3.63) is 59.2 Å². The summed E-state index contributed by atoms with van der Waals surface area (Å²) in [5.41, 5.74) is 3.99. The Bertz CT molecular complexity index is 753. The second kappa shape index (κ2) is 8.33. The summed E-state index contributed by atoms with van der Waals surface area (Å²) < 4.78 is 10.5. The van der Waals surface area contributed by atoms with Gasteiger partial charge in [0.1, 0.15) is 5.75 Å². The number of carbonyl (C=O) groups is 2. The third-order valence-electron chi connectivity index (χ3n) is 3.83. The van der Waals surface area contributed by atoms with E-state index in [0.29, 0.717) is 11.4 Å². The van der Waals surface area contributed by atoms with Crippen molar-refractivity contribution in [1.82, 2.24) is 0 Å². The van der Waals surface area contributed by atoms with Crippen LogP contribution in [0.25, 0.3) is 0 Å². The number of carbonyl (C=O) groups excluding carboxylic acids is 2. The predicted molar refractivity (Wildman–Crippen MR) is 96.8 cm³/mol. The van der Waals surface area contributed by atoms with Crippen LogP contribution in [0.2, 0.25) is 0 Å². The Morgan fingerprint density at radius 1 is 1.00 bits per heavy atom. The average molecular weight is 341 g/mol. The summed E-state index contributed by atoms with van der Waals surface area (Å²) in [6.45, 7) is 7.22. The molecule has 2 aromatic carbocycles. The van der Waals surface area contributed by atoms with Gasteiger partial charge < -0.3 is 14.8 Å². The van der Waals surface area contributed by atoms with Crippen LogP contribution in [-0.4, -0.2) is 24.6 Å². The number of nitrogens with one attached hydrogen (secondary N) is 1. The zero-order valence-electron chi connectivity index (χ0n) is 15.0. The molecule has 0 aliphatic carbocycles. The van der Waals surface area contributed by atoms with E-state index in [1.54, 1.807) is 18.2 Å². The number of hydrogen-bond acceptors (Lipinski definition) is 4. The lowest BCUT2D eigenvalue weighted by atomic mass is 10.1. The molecule has 0 saturated heterocycles. The van der Waals surface area contributed by atoms with Gasteiger partial charge in [-0.15, -0.1) is 0 Å². The Morgan fingerprint density at radius 3 is 2.32 bits per heavy atom. The molecule has 0 radical (unpaired) electrons. The highest BCUT2D eigenvalue weighted by atomic mass is 16.6. The maximum Gasteiger partial charge on any atom is 0.344 e. The minimum atomic E-state index is -0.905. The van der Waals surface area contributed by atoms with Crippen LogP contribution in [0, 0.1) is 20.8 Å². The van der Waals surface area contributed by atoms with Crippen molar-refractivity contribution in [1.29, 1.82) is 0 Å². The van der Waals surface area contributed by atoms with Crippen LogP contribution in [0.5, 0.6) is 5.75 Å². The van der Waals surface area contributed by atoms with Gasteiger partial charge in [0.15, 0.2) is 12.7 Å². The molecule has 1 N–H and O–H groups in total. The maximum absolute atomic E-state index is 12.1. The van der Waals surface area contributed by atoms with Gasteiger partial charge in [-0.1, -0.05) is 23.8 Å². The van der Waals surface area contributed by atoms with Crippen LogP contribution in [0.1, 0.15) is 23.6 Å². The molecule has 132 valence electrons. The molecule has 5 nitrogen and oxygen atoms in total. The molecule has 1 atom stereocenters. The van der Waals surface area contributed by atoms with Crippen LogP contribution < -0.4 is 10.1 Å². The van der Waals surface area contributed by atoms with Crippen LogP contribution >= 0.6 is 0 Å². The van der Waals surface area contributed by atoms with Crippen molar-refractivity contribution >= 4 is 17.6 Å². The van der Waals surface area contributed by atoms with Crippen molar-refractivity contribution < 1.29 is 19.1 Å². The molecular weight excluding hydrogens is 318 g/mol. The van der Waals surface area contributed by atoms with E-state index in [1.165, 1.54) is 6.92 Å². The van der Waals surface area contributed by atoms with Gasteiger partial charge in [-0.05, 0) is 63.1 Å². The second-order valence-corrected chi connectivity index (χ2v) is 6.02. The molecule has 0 heterocycles. The molecule has 0 fully saturated rings. The highest BCUT2D eigenvalue weighted by Crippen LogP contribution is 2.16. The molecular formula is C20H23NO4. The number of hydrogen-bond donors (Lipinski definition) is 1. The Kier molecular flexibility index (Phi) is 6.17. The first-order chi connectivity index (χ1) is 11.8. The quantitative estimate of drug-likeness (QED) is 0.816. The van der Waals surface area contributed by atoms with Gasteiger partial charge in [0.05, 0.1) is 0 Å². The number of anilines is 1. The SMILES string of the molecule is Cc1ccc(NC(=O)[C@H](C)OC(=O)COc2ccc(C)c(C)c2)cc1. The van der Waals surface area contributed by atoms with Gasteiger partial charge in [-0.25, -0.2) is 4.79 Å². The molecule has 5 heteroatoms. The Hall–Kier alpha value is -2.82. The third kappa shape index (κ3) is 5.64. The first-order valence-corrected chi connectivity index (χ1v) is 8.12. The van der Waals surface area contributed by atoms with Gasteiger partial charge in [0.2, 0.25) is 0 Å². The molecule has 0 unspecified atom stereocenters. The lowest BCUT2D eigenvalue weighted by molar-refractivity contribution is -0.155. The van der Waals surface area contributed by atoms with E-state index in [0.717, 1.165) is 16.7 Å². The van der Waals surface area contributed by atoms with Crippen molar-refractivity contribution in [3.8, 4) is 5.75 Å². The molecule has 2 aromatic rings. The van der Waals surface area contributed by atoms with Crippen molar-refractivity contribution in [2.45, 2.75) is 33.8 Å². The van der Waals surface area contributed by atoms with Gasteiger partial charge in [-0.2, -0.15) is 0 Å². The number of esters is 1. The molecule has 0 aliphatic rings. The van der Waals surface area contributed by atoms with E-state index in [1.807, 2.05) is 45.0 Å². The van der Waals surface area contributed by atoms with Crippen LogP contribution in [0.4, 0.5) is 5.69 Å². The summed E-state index contributed by atoms with van der Waals surface area (Å²) in [7, 11) is 0. The minimum absolute atomic E-state index is 0.245. The Labute approximate surface area is 148 Å². The van der Waals surface area contributed by atoms with Gasteiger partial charge in [-0.3, -0.25) is 4.79 Å². The van der Waals surface area contributed by atoms with Gasteiger partial charge in [0, 0.05) is 5.69 Å². The number of aryl methyl sites for hydroxylation is 3. The molecule has 0 bridgehead atoms. The van der Waals surface area contributed by atoms with E-state index < -0.39 is 12.1 Å². The van der Waals surface area contributed by atoms with E-state index in [4.69, 9.17) is 9.47 Å². The van der Waals surface area contributed by atoms with E-state index in [-0.39, 0.29) is 12.5 Å². The van der Waals surface area contributed by atoms with E-state index >= 15 is 0 Å². The monoisotopic (exact) mass is 341 g/mol. The highest BCUT2D eigenvalue weighted by Gasteiger charge is 2.18. The van der Waals surface area contributed by atoms with Gasteiger partial charge in [0.25, 0.3) is 5.91 Å². The topological polar surface area (TPSA) is 64.6 Å². The largest absolute Gasteiger partial charge is 0.482 e. The molecule has 0 spiro atoms. The zero-order valence-corrected chi connectivity index (χ0v) is 15.0. The fourth-order valence-electron chi connectivity index (χ4n) is 2.11. The lowest BCUT2D eigenvalue weighted by Crippen LogP contribution is -2.31. The van der Waals surface area contributed by atoms with E-state index in [2.05, 4.69) is 5.32 Å². The zero-order chi connectivity index (χ0) is 18.4. The van der Waals surface area contributed by atoms with Crippen LogP contribution in [0.15, 0.2) is 42.5 Å². The third-order valence-corrected chi connectivity index (χ3v) is 3.83. The minimum Gasteiger partial charge on any atom is -0.482 e. The molecule has 2 rings (SSSR count). The number of amides is 1. The summed E-state index contributed by atoms with van der Waals surface area (Å²) in [6.07, 6.45) is -0.905. The second-order valence-electron chi connectivity index (χ2n) is 6.02. The molecule has 1 amide bonds. The summed E-state index contributed by atoms with van der Waals surface area (Å²) >= 11 is 0. The standard InChI is InChI=1S/C20H23NO4/c1-13-5-8-17(9-6-13)21-20(23)16(4)25-19(22)12-24-18-10-7-14(2)15(3)11-18/h5-11,16H,12H2,1-4H3,(H,21,23)/t16-/m0/s1. The van der Waals surface area contributed by atoms with Crippen LogP contribution in [-0.2, 0) is 14.3 Å². The summed E-state index contributed by atoms with van der Waals surface area (Å²) in [5, 5.41) is 2.70. The highest BCUT2D eigenvalue weighted by molar-refractivity contribution is 5.95. The summed E-state index contributed by atoms with van der Waals surface area (Å²) in [4.78, 5) is 23.9.